The first-order valence-corrected chi connectivity index (χ1v) is 6.15. The van der Waals surface area contributed by atoms with Crippen LogP contribution in [0.5, 0.6) is 0 Å². The number of rotatable bonds is 9. The maximum atomic E-state index is 3.94. The van der Waals surface area contributed by atoms with Gasteiger partial charge in [-0.3, -0.25) is 0 Å². The van der Waals surface area contributed by atoms with Crippen molar-refractivity contribution >= 4 is 0 Å². The molecule has 0 amide bonds. The molecule has 1 heteroatoms. The van der Waals surface area contributed by atoms with Gasteiger partial charge < -0.3 is 5.32 Å². The SMILES string of the molecule is C=CC(NCCC)C(CCC)CCC. The van der Waals surface area contributed by atoms with Crippen molar-refractivity contribution < 1.29 is 0 Å². The average molecular weight is 197 g/mol. The Morgan fingerprint density at radius 3 is 2.00 bits per heavy atom. The Bertz CT molecular complexity index is 125. The van der Waals surface area contributed by atoms with E-state index in [1.54, 1.807) is 0 Å². The van der Waals surface area contributed by atoms with Crippen LogP contribution >= 0.6 is 0 Å². The molecule has 0 saturated heterocycles. The van der Waals surface area contributed by atoms with Gasteiger partial charge in [0.25, 0.3) is 0 Å². The second-order valence-electron chi connectivity index (χ2n) is 4.05. The highest BCUT2D eigenvalue weighted by Gasteiger charge is 2.15. The molecule has 0 aliphatic heterocycles. The average Bonchev–Trinajstić information content (AvgIpc) is 2.19. The van der Waals surface area contributed by atoms with Gasteiger partial charge in [-0.05, 0) is 31.7 Å². The monoisotopic (exact) mass is 197 g/mol. The molecule has 1 atom stereocenters. The first-order chi connectivity index (χ1) is 6.79. The van der Waals surface area contributed by atoms with Crippen LogP contribution in [-0.4, -0.2) is 12.6 Å². The van der Waals surface area contributed by atoms with Crippen LogP contribution in [0, 0.1) is 5.92 Å². The molecule has 0 rings (SSSR count). The molecule has 0 heterocycles. The lowest BCUT2D eigenvalue weighted by Crippen LogP contribution is -2.34. The highest BCUT2D eigenvalue weighted by molar-refractivity contribution is 4.90. The molecule has 0 aromatic rings. The van der Waals surface area contributed by atoms with Crippen LogP contribution in [-0.2, 0) is 0 Å². The number of nitrogens with one attached hydrogen (secondary N) is 1. The van der Waals surface area contributed by atoms with Gasteiger partial charge in [-0.25, -0.2) is 0 Å². The Balaban J connectivity index is 4.03. The van der Waals surface area contributed by atoms with Crippen molar-refractivity contribution in [3.8, 4) is 0 Å². The highest BCUT2D eigenvalue weighted by atomic mass is 14.9. The lowest BCUT2D eigenvalue weighted by Gasteiger charge is -2.25. The van der Waals surface area contributed by atoms with Crippen LogP contribution in [0.25, 0.3) is 0 Å². The molecule has 14 heavy (non-hydrogen) atoms. The second kappa shape index (κ2) is 9.26. The van der Waals surface area contributed by atoms with Gasteiger partial charge in [-0.15, -0.1) is 6.58 Å². The third-order valence-corrected chi connectivity index (χ3v) is 2.71. The zero-order chi connectivity index (χ0) is 10.8. The number of hydrogen-bond donors (Lipinski definition) is 1. The molecular weight excluding hydrogens is 170 g/mol. The maximum absolute atomic E-state index is 3.94. The van der Waals surface area contributed by atoms with Gasteiger partial charge in [0.2, 0.25) is 0 Å². The van der Waals surface area contributed by atoms with Gasteiger partial charge in [-0.2, -0.15) is 0 Å². The minimum atomic E-state index is 0.523. The second-order valence-corrected chi connectivity index (χ2v) is 4.05. The van der Waals surface area contributed by atoms with E-state index >= 15 is 0 Å². The van der Waals surface area contributed by atoms with E-state index in [1.807, 2.05) is 0 Å². The number of hydrogen-bond acceptors (Lipinski definition) is 1. The quantitative estimate of drug-likeness (QED) is 0.555. The van der Waals surface area contributed by atoms with Gasteiger partial charge in [-0.1, -0.05) is 39.7 Å². The topological polar surface area (TPSA) is 12.0 Å². The summed E-state index contributed by atoms with van der Waals surface area (Å²) >= 11 is 0. The largest absolute Gasteiger partial charge is 0.310 e. The van der Waals surface area contributed by atoms with E-state index in [0.29, 0.717) is 6.04 Å². The van der Waals surface area contributed by atoms with E-state index in [1.165, 1.54) is 32.1 Å². The standard InChI is InChI=1S/C13H27N/c1-5-9-12(10-6-2)13(8-4)14-11-7-3/h8,12-14H,4-7,9-11H2,1-3H3. The van der Waals surface area contributed by atoms with Crippen molar-refractivity contribution in [2.24, 2.45) is 5.92 Å². The van der Waals surface area contributed by atoms with Crippen molar-refractivity contribution in [1.29, 1.82) is 0 Å². The van der Waals surface area contributed by atoms with Crippen LogP contribution in [0.4, 0.5) is 0 Å². The molecule has 0 spiro atoms. The summed E-state index contributed by atoms with van der Waals surface area (Å²) < 4.78 is 0. The Labute approximate surface area is 90.0 Å². The summed E-state index contributed by atoms with van der Waals surface area (Å²) in [6, 6.07) is 0.523. The van der Waals surface area contributed by atoms with Crippen molar-refractivity contribution in [1.82, 2.24) is 5.32 Å². The van der Waals surface area contributed by atoms with Crippen molar-refractivity contribution in [3.63, 3.8) is 0 Å². The Morgan fingerprint density at radius 1 is 1.07 bits per heavy atom. The molecule has 0 aromatic heterocycles. The summed E-state index contributed by atoms with van der Waals surface area (Å²) in [5, 5.41) is 3.57. The van der Waals surface area contributed by atoms with Crippen molar-refractivity contribution in [3.05, 3.63) is 12.7 Å². The molecule has 0 bridgehead atoms. The molecule has 0 saturated carbocycles. The van der Waals surface area contributed by atoms with E-state index in [-0.39, 0.29) is 0 Å². The van der Waals surface area contributed by atoms with Crippen molar-refractivity contribution in [2.75, 3.05) is 6.54 Å². The molecule has 0 fully saturated rings. The van der Waals surface area contributed by atoms with E-state index in [9.17, 15) is 0 Å². The summed E-state index contributed by atoms with van der Waals surface area (Å²) in [7, 11) is 0. The zero-order valence-corrected chi connectivity index (χ0v) is 10.2. The summed E-state index contributed by atoms with van der Waals surface area (Å²) in [6.45, 7) is 11.8. The predicted octanol–water partition coefficient (Wildman–Crippen LogP) is 3.76. The molecule has 0 radical (unpaired) electrons. The minimum absolute atomic E-state index is 0.523. The summed E-state index contributed by atoms with van der Waals surface area (Å²) in [5.41, 5.74) is 0. The molecule has 1 nitrogen and oxygen atoms in total. The van der Waals surface area contributed by atoms with Crippen LogP contribution < -0.4 is 5.32 Å². The molecule has 0 aliphatic rings. The third kappa shape index (κ3) is 5.43. The Morgan fingerprint density at radius 2 is 1.64 bits per heavy atom. The van der Waals surface area contributed by atoms with Crippen LogP contribution in [0.1, 0.15) is 52.9 Å². The lowest BCUT2D eigenvalue weighted by atomic mass is 9.90. The van der Waals surface area contributed by atoms with Crippen LogP contribution in [0.2, 0.25) is 0 Å². The summed E-state index contributed by atoms with van der Waals surface area (Å²) in [6.07, 6.45) is 8.50. The Kier molecular flexibility index (Phi) is 9.06. The highest BCUT2D eigenvalue weighted by Crippen LogP contribution is 2.18. The molecule has 1 unspecified atom stereocenters. The fourth-order valence-electron chi connectivity index (χ4n) is 2.00. The Hall–Kier alpha value is -0.300. The van der Waals surface area contributed by atoms with E-state index in [0.717, 1.165) is 12.5 Å². The smallest absolute Gasteiger partial charge is 0.0275 e. The van der Waals surface area contributed by atoms with Crippen LogP contribution in [0.3, 0.4) is 0 Å². The fraction of sp³-hybridized carbons (Fsp3) is 0.846. The molecular formula is C13H27N. The summed E-state index contributed by atoms with van der Waals surface area (Å²) in [5.74, 6) is 0.786. The predicted molar refractivity (Wildman–Crippen MR) is 65.6 cm³/mol. The first-order valence-electron chi connectivity index (χ1n) is 6.15. The lowest BCUT2D eigenvalue weighted by molar-refractivity contribution is 0.354. The van der Waals surface area contributed by atoms with Gasteiger partial charge in [0.1, 0.15) is 0 Å². The van der Waals surface area contributed by atoms with Crippen LogP contribution in [0.15, 0.2) is 12.7 Å². The van der Waals surface area contributed by atoms with Gasteiger partial charge in [0, 0.05) is 6.04 Å². The van der Waals surface area contributed by atoms with E-state index in [4.69, 9.17) is 0 Å². The van der Waals surface area contributed by atoms with Gasteiger partial charge in [0.15, 0.2) is 0 Å². The maximum Gasteiger partial charge on any atom is 0.0275 e. The van der Waals surface area contributed by atoms with Gasteiger partial charge >= 0.3 is 0 Å². The normalized spacial score (nSPS) is 13.1. The molecule has 0 aliphatic carbocycles. The third-order valence-electron chi connectivity index (χ3n) is 2.71. The molecule has 84 valence electrons. The fourth-order valence-corrected chi connectivity index (χ4v) is 2.00. The summed E-state index contributed by atoms with van der Waals surface area (Å²) in [4.78, 5) is 0. The van der Waals surface area contributed by atoms with Crippen molar-refractivity contribution in [2.45, 2.75) is 58.9 Å². The molecule has 0 aromatic carbocycles. The molecule has 1 N–H and O–H groups in total. The minimum Gasteiger partial charge on any atom is -0.310 e. The first kappa shape index (κ1) is 13.7. The zero-order valence-electron chi connectivity index (χ0n) is 10.2. The van der Waals surface area contributed by atoms with E-state index in [2.05, 4.69) is 38.7 Å². The van der Waals surface area contributed by atoms with Gasteiger partial charge in [0.05, 0.1) is 0 Å². The van der Waals surface area contributed by atoms with E-state index < -0.39 is 0 Å².